The van der Waals surface area contributed by atoms with Crippen molar-refractivity contribution in [1.29, 1.82) is 0 Å². The van der Waals surface area contributed by atoms with Gasteiger partial charge in [-0.3, -0.25) is 4.79 Å². The number of hydrogen-bond donors (Lipinski definition) is 4. The molecular formula is C20H23ClN6O3S. The summed E-state index contributed by atoms with van der Waals surface area (Å²) >= 11 is 7.66. The maximum Gasteiger partial charge on any atom is 0.405 e. The van der Waals surface area contributed by atoms with E-state index in [0.717, 1.165) is 0 Å². The van der Waals surface area contributed by atoms with Gasteiger partial charge in [0.1, 0.15) is 10.8 Å². The first kappa shape index (κ1) is 22.7. The van der Waals surface area contributed by atoms with Crippen LogP contribution in [0.2, 0.25) is 5.02 Å². The number of halogens is 1. The molecule has 1 aromatic heterocycles. The van der Waals surface area contributed by atoms with Crippen molar-refractivity contribution in [3.05, 3.63) is 42.1 Å². The monoisotopic (exact) mass is 462 g/mol. The second kappa shape index (κ2) is 9.44. The number of aromatic nitrogens is 2. The smallest absolute Gasteiger partial charge is 0.405 e. The molecule has 2 heterocycles. The summed E-state index contributed by atoms with van der Waals surface area (Å²) in [7, 11) is 0. The largest absolute Gasteiger partial charge is 0.465 e. The van der Waals surface area contributed by atoms with Crippen LogP contribution < -0.4 is 21.3 Å². The van der Waals surface area contributed by atoms with Crippen molar-refractivity contribution in [2.45, 2.75) is 35.2 Å². The lowest BCUT2D eigenvalue weighted by Gasteiger charge is -2.39. The summed E-state index contributed by atoms with van der Waals surface area (Å²) in [5, 5.41) is 15.1. The number of carboxylic acid groups (broad SMARTS) is 1. The molecule has 164 valence electrons. The van der Waals surface area contributed by atoms with Gasteiger partial charge in [0.15, 0.2) is 5.82 Å². The first-order valence-electron chi connectivity index (χ1n) is 9.49. The minimum Gasteiger partial charge on any atom is -0.465 e. The average Bonchev–Trinajstić information content (AvgIpc) is 2.72. The van der Waals surface area contributed by atoms with Crippen molar-refractivity contribution in [2.24, 2.45) is 0 Å². The predicted octanol–water partition coefficient (Wildman–Crippen LogP) is 3.61. The summed E-state index contributed by atoms with van der Waals surface area (Å²) in [5.74, 6) is 0.539. The van der Waals surface area contributed by atoms with Gasteiger partial charge in [0.25, 0.3) is 0 Å². The fourth-order valence-corrected chi connectivity index (χ4v) is 4.30. The van der Waals surface area contributed by atoms with Crippen LogP contribution in [0.15, 0.2) is 47.0 Å². The first-order valence-corrected chi connectivity index (χ1v) is 10.7. The highest BCUT2D eigenvalue weighted by Crippen LogP contribution is 2.38. The van der Waals surface area contributed by atoms with Crippen molar-refractivity contribution in [1.82, 2.24) is 15.3 Å². The number of benzene rings is 1. The van der Waals surface area contributed by atoms with Crippen LogP contribution in [0.25, 0.3) is 0 Å². The van der Waals surface area contributed by atoms with E-state index < -0.39 is 11.6 Å². The molecule has 0 spiro atoms. The normalized spacial score (nSPS) is 15.2. The number of nitrogens with two attached hydrogens (primary N) is 1. The Morgan fingerprint density at radius 1 is 1.39 bits per heavy atom. The molecule has 1 aliphatic heterocycles. The van der Waals surface area contributed by atoms with Crippen LogP contribution in [0.1, 0.15) is 19.8 Å². The van der Waals surface area contributed by atoms with Gasteiger partial charge in [0.2, 0.25) is 5.91 Å². The summed E-state index contributed by atoms with van der Waals surface area (Å²) in [6.07, 6.45) is 3.09. The van der Waals surface area contributed by atoms with E-state index >= 15 is 0 Å². The van der Waals surface area contributed by atoms with E-state index in [9.17, 15) is 9.59 Å². The molecule has 1 aromatic carbocycles. The molecule has 0 radical (unpaired) electrons. The molecule has 1 saturated heterocycles. The Morgan fingerprint density at radius 2 is 2.10 bits per heavy atom. The molecule has 0 saturated carbocycles. The zero-order valence-electron chi connectivity index (χ0n) is 16.9. The molecule has 31 heavy (non-hydrogen) atoms. The number of carbonyl (C=O) groups is 2. The third-order valence-electron chi connectivity index (χ3n) is 4.96. The predicted molar refractivity (Wildman–Crippen MR) is 122 cm³/mol. The number of carbonyl (C=O) groups excluding carboxylic acids is 1. The molecule has 1 fully saturated rings. The summed E-state index contributed by atoms with van der Waals surface area (Å²) in [6, 6.07) is 5.25. The second-order valence-corrected chi connectivity index (χ2v) is 8.72. The third kappa shape index (κ3) is 5.59. The van der Waals surface area contributed by atoms with E-state index in [0.29, 0.717) is 52.4 Å². The number of nitrogen functional groups attached to an aromatic ring is 1. The van der Waals surface area contributed by atoms with Crippen molar-refractivity contribution < 1.29 is 14.7 Å². The number of nitrogens with one attached hydrogen (secondary N) is 2. The van der Waals surface area contributed by atoms with Crippen molar-refractivity contribution >= 4 is 52.7 Å². The minimum absolute atomic E-state index is 0.260. The zero-order valence-corrected chi connectivity index (χ0v) is 18.5. The van der Waals surface area contributed by atoms with Gasteiger partial charge in [-0.05, 0) is 38.0 Å². The Kier molecular flexibility index (Phi) is 6.91. The van der Waals surface area contributed by atoms with Crippen LogP contribution in [-0.4, -0.2) is 45.7 Å². The Balaban J connectivity index is 1.71. The van der Waals surface area contributed by atoms with E-state index in [1.54, 1.807) is 24.4 Å². The Bertz CT molecular complexity index is 1010. The van der Waals surface area contributed by atoms with E-state index in [4.69, 9.17) is 22.4 Å². The average molecular weight is 463 g/mol. The molecule has 3 rings (SSSR count). The SMILES string of the molecule is C=CC(=O)Nc1cccc(Sc2ncc(N3CCC(C)(NC(=O)O)CC3)nc2N)c1Cl. The van der Waals surface area contributed by atoms with Gasteiger partial charge < -0.3 is 26.4 Å². The van der Waals surface area contributed by atoms with Crippen molar-refractivity contribution in [2.75, 3.05) is 29.0 Å². The van der Waals surface area contributed by atoms with Crippen LogP contribution >= 0.6 is 23.4 Å². The summed E-state index contributed by atoms with van der Waals surface area (Å²) < 4.78 is 0. The summed E-state index contributed by atoms with van der Waals surface area (Å²) in [4.78, 5) is 34.1. The van der Waals surface area contributed by atoms with E-state index in [1.807, 2.05) is 11.8 Å². The van der Waals surface area contributed by atoms with E-state index in [2.05, 4.69) is 27.2 Å². The zero-order chi connectivity index (χ0) is 22.6. The molecule has 5 N–H and O–H groups in total. The number of rotatable bonds is 6. The maximum absolute atomic E-state index is 11.6. The van der Waals surface area contributed by atoms with Gasteiger partial charge in [-0.25, -0.2) is 14.8 Å². The number of piperidine rings is 1. The Morgan fingerprint density at radius 3 is 2.71 bits per heavy atom. The van der Waals surface area contributed by atoms with Crippen LogP contribution in [0.3, 0.4) is 0 Å². The molecule has 0 aliphatic carbocycles. The number of hydrogen-bond acceptors (Lipinski definition) is 7. The minimum atomic E-state index is -1.02. The van der Waals surface area contributed by atoms with Crippen LogP contribution in [-0.2, 0) is 4.79 Å². The topological polar surface area (TPSA) is 133 Å². The van der Waals surface area contributed by atoms with Gasteiger partial charge >= 0.3 is 6.09 Å². The van der Waals surface area contributed by atoms with Crippen LogP contribution in [0, 0.1) is 0 Å². The Labute approximate surface area is 189 Å². The molecule has 0 bridgehead atoms. The standard InChI is InChI=1S/C20H23ClN6O3S/c1-3-15(28)24-12-5-4-6-13(16(12)21)31-18-17(22)25-14(11-23-18)27-9-7-20(2,8-10-27)26-19(29)30/h3-6,11,26H,1,7-10H2,2H3,(H2,22,25)(H,24,28)(H,29,30). The fraction of sp³-hybridized carbons (Fsp3) is 0.300. The maximum atomic E-state index is 11.6. The second-order valence-electron chi connectivity index (χ2n) is 7.31. The highest BCUT2D eigenvalue weighted by molar-refractivity contribution is 7.99. The van der Waals surface area contributed by atoms with Crippen molar-refractivity contribution in [3.63, 3.8) is 0 Å². The van der Waals surface area contributed by atoms with Crippen molar-refractivity contribution in [3.8, 4) is 0 Å². The lowest BCUT2D eigenvalue weighted by atomic mass is 9.90. The van der Waals surface area contributed by atoms with Gasteiger partial charge in [-0.2, -0.15) is 0 Å². The molecule has 11 heteroatoms. The van der Waals surface area contributed by atoms with Gasteiger partial charge in [-0.1, -0.05) is 36.0 Å². The molecule has 0 unspecified atom stereocenters. The molecule has 2 amide bonds. The number of anilines is 3. The highest BCUT2D eigenvalue weighted by atomic mass is 35.5. The van der Waals surface area contributed by atoms with Gasteiger partial charge in [-0.15, -0.1) is 0 Å². The molecule has 9 nitrogen and oxygen atoms in total. The van der Waals surface area contributed by atoms with Crippen LogP contribution in [0.5, 0.6) is 0 Å². The summed E-state index contributed by atoms with van der Waals surface area (Å²) in [5.41, 5.74) is 6.15. The lowest BCUT2D eigenvalue weighted by molar-refractivity contribution is -0.111. The fourth-order valence-electron chi connectivity index (χ4n) is 3.20. The van der Waals surface area contributed by atoms with E-state index in [1.165, 1.54) is 17.8 Å². The number of nitrogens with zero attached hydrogens (tertiary/aromatic N) is 3. The highest BCUT2D eigenvalue weighted by Gasteiger charge is 2.32. The summed E-state index contributed by atoms with van der Waals surface area (Å²) in [6.45, 7) is 6.59. The molecule has 2 aromatic rings. The van der Waals surface area contributed by atoms with E-state index in [-0.39, 0.29) is 11.7 Å². The number of amides is 2. The quantitative estimate of drug-likeness (QED) is 0.478. The lowest BCUT2D eigenvalue weighted by Crippen LogP contribution is -2.53. The van der Waals surface area contributed by atoms with Gasteiger partial charge in [0.05, 0.1) is 16.9 Å². The molecule has 1 aliphatic rings. The molecular weight excluding hydrogens is 440 g/mol. The molecule has 0 atom stereocenters. The first-order chi connectivity index (χ1) is 14.7. The third-order valence-corrected chi connectivity index (χ3v) is 6.55. The van der Waals surface area contributed by atoms with Crippen LogP contribution in [0.4, 0.5) is 22.1 Å². The van der Waals surface area contributed by atoms with Gasteiger partial charge in [0, 0.05) is 23.5 Å². The Hall–Kier alpha value is -2.98.